The maximum absolute atomic E-state index is 12.3. The second kappa shape index (κ2) is 7.78. The summed E-state index contributed by atoms with van der Waals surface area (Å²) >= 11 is 0. The van der Waals surface area contributed by atoms with Gasteiger partial charge in [-0.3, -0.25) is 9.89 Å². The minimum atomic E-state index is -0.166. The Kier molecular flexibility index (Phi) is 5.46. The molecule has 1 aliphatic rings. The number of rotatable bonds is 7. The lowest BCUT2D eigenvalue weighted by Gasteiger charge is -2.23. The van der Waals surface area contributed by atoms with E-state index in [1.807, 2.05) is 24.3 Å². The maximum Gasteiger partial charge on any atom is 0.271 e. The Labute approximate surface area is 153 Å². The smallest absolute Gasteiger partial charge is 0.271 e. The largest absolute Gasteiger partial charge is 0.493 e. The molecular weight excluding hydrogens is 332 g/mol. The number of likely N-dealkylation sites (tertiary alicyclic amines) is 1. The van der Waals surface area contributed by atoms with Gasteiger partial charge in [-0.1, -0.05) is 19.1 Å². The quantitative estimate of drug-likeness (QED) is 0.792. The van der Waals surface area contributed by atoms with E-state index in [1.165, 1.54) is 0 Å². The highest BCUT2D eigenvalue weighted by molar-refractivity contribution is 5.92. The van der Waals surface area contributed by atoms with Gasteiger partial charge in [0, 0.05) is 13.1 Å². The molecule has 140 valence electrons. The van der Waals surface area contributed by atoms with E-state index in [4.69, 9.17) is 9.47 Å². The molecule has 0 bridgehead atoms. The normalized spacial score (nSPS) is 20.1. The Balaban J connectivity index is 1.53. The van der Waals surface area contributed by atoms with Gasteiger partial charge in [-0.05, 0) is 43.6 Å². The number of carbonyl (C=O) groups is 1. The van der Waals surface area contributed by atoms with Crippen molar-refractivity contribution in [2.24, 2.45) is 5.41 Å². The predicted molar refractivity (Wildman–Crippen MR) is 98.5 cm³/mol. The summed E-state index contributed by atoms with van der Waals surface area (Å²) in [6, 6.07) is 9.15. The second-order valence-electron chi connectivity index (χ2n) is 7.20. The summed E-state index contributed by atoms with van der Waals surface area (Å²) in [6.45, 7) is 5.19. The van der Waals surface area contributed by atoms with E-state index in [0.717, 1.165) is 25.2 Å². The Morgan fingerprint density at radius 1 is 1.38 bits per heavy atom. The van der Waals surface area contributed by atoms with Crippen LogP contribution in [0.3, 0.4) is 0 Å². The van der Waals surface area contributed by atoms with Gasteiger partial charge in [0.05, 0.1) is 12.8 Å². The summed E-state index contributed by atoms with van der Waals surface area (Å²) in [7, 11) is 3.71. The molecule has 2 heterocycles. The fourth-order valence-electron chi connectivity index (χ4n) is 3.24. The topological polar surface area (TPSA) is 79.5 Å². The van der Waals surface area contributed by atoms with E-state index in [0.29, 0.717) is 23.7 Å². The van der Waals surface area contributed by atoms with Gasteiger partial charge in [-0.15, -0.1) is 0 Å². The van der Waals surface area contributed by atoms with Crippen LogP contribution in [0.25, 0.3) is 0 Å². The first kappa shape index (κ1) is 18.3. The van der Waals surface area contributed by atoms with Crippen LogP contribution in [0.2, 0.25) is 0 Å². The molecule has 1 amide bonds. The highest BCUT2D eigenvalue weighted by atomic mass is 16.5. The average Bonchev–Trinajstić information content (AvgIpc) is 3.25. The Morgan fingerprint density at radius 2 is 2.15 bits per heavy atom. The number of ether oxygens (including phenoxy) is 2. The van der Waals surface area contributed by atoms with Gasteiger partial charge in [-0.25, -0.2) is 0 Å². The van der Waals surface area contributed by atoms with Gasteiger partial charge < -0.3 is 19.7 Å². The van der Waals surface area contributed by atoms with Gasteiger partial charge in [0.1, 0.15) is 12.3 Å². The summed E-state index contributed by atoms with van der Waals surface area (Å²) in [6.07, 6.45) is 1.09. The Hall–Kier alpha value is -2.54. The summed E-state index contributed by atoms with van der Waals surface area (Å²) in [5.74, 6) is 1.15. The van der Waals surface area contributed by atoms with Gasteiger partial charge >= 0.3 is 0 Å². The molecule has 0 aliphatic carbocycles. The molecule has 1 fully saturated rings. The lowest BCUT2D eigenvalue weighted by Crippen LogP contribution is -2.37. The number of nitrogens with zero attached hydrogens (tertiary/aromatic N) is 2. The van der Waals surface area contributed by atoms with Crippen molar-refractivity contribution in [2.75, 3.05) is 33.8 Å². The monoisotopic (exact) mass is 358 g/mol. The zero-order valence-corrected chi connectivity index (χ0v) is 15.5. The third-order valence-corrected chi connectivity index (χ3v) is 4.74. The molecule has 2 aromatic rings. The molecule has 2 N–H and O–H groups in total. The second-order valence-corrected chi connectivity index (χ2v) is 7.20. The molecule has 7 nitrogen and oxygen atoms in total. The lowest BCUT2D eigenvalue weighted by molar-refractivity contribution is 0.0930. The lowest BCUT2D eigenvalue weighted by atomic mass is 9.90. The van der Waals surface area contributed by atoms with Crippen molar-refractivity contribution in [1.82, 2.24) is 20.4 Å². The highest BCUT2D eigenvalue weighted by Gasteiger charge is 2.32. The van der Waals surface area contributed by atoms with Gasteiger partial charge in [0.15, 0.2) is 11.5 Å². The average molecular weight is 358 g/mol. The number of aromatic nitrogens is 2. The van der Waals surface area contributed by atoms with Crippen LogP contribution < -0.4 is 14.8 Å². The van der Waals surface area contributed by atoms with Crippen LogP contribution >= 0.6 is 0 Å². The van der Waals surface area contributed by atoms with Gasteiger partial charge in [-0.2, -0.15) is 5.10 Å². The number of methoxy groups -OCH3 is 1. The molecule has 1 aromatic heterocycles. The SMILES string of the molecule is COc1ccccc1OCc1cc(C(=O)NC[C@@]2(C)CCN(C)C2)n[nH]1. The van der Waals surface area contributed by atoms with Crippen molar-refractivity contribution in [2.45, 2.75) is 20.0 Å². The number of benzene rings is 1. The zero-order chi connectivity index (χ0) is 18.6. The maximum atomic E-state index is 12.3. The molecule has 1 aliphatic heterocycles. The minimum Gasteiger partial charge on any atom is -0.493 e. The summed E-state index contributed by atoms with van der Waals surface area (Å²) in [5, 5.41) is 9.95. The van der Waals surface area contributed by atoms with E-state index in [-0.39, 0.29) is 17.9 Å². The fraction of sp³-hybridized carbons (Fsp3) is 0.474. The van der Waals surface area contributed by atoms with E-state index in [1.54, 1.807) is 13.2 Å². The molecule has 26 heavy (non-hydrogen) atoms. The number of aromatic amines is 1. The number of amides is 1. The Morgan fingerprint density at radius 3 is 2.85 bits per heavy atom. The fourth-order valence-corrected chi connectivity index (χ4v) is 3.24. The highest BCUT2D eigenvalue weighted by Crippen LogP contribution is 2.28. The van der Waals surface area contributed by atoms with E-state index < -0.39 is 0 Å². The molecule has 7 heteroatoms. The minimum absolute atomic E-state index is 0.122. The van der Waals surface area contributed by atoms with Gasteiger partial charge in [0.2, 0.25) is 0 Å². The molecule has 1 saturated heterocycles. The number of nitrogens with one attached hydrogen (secondary N) is 2. The van der Waals surface area contributed by atoms with Crippen molar-refractivity contribution in [1.29, 1.82) is 0 Å². The first-order valence-electron chi connectivity index (χ1n) is 8.76. The van der Waals surface area contributed by atoms with Crippen molar-refractivity contribution < 1.29 is 14.3 Å². The van der Waals surface area contributed by atoms with Crippen molar-refractivity contribution in [3.05, 3.63) is 41.7 Å². The Bertz CT molecular complexity index is 761. The molecule has 0 spiro atoms. The number of para-hydroxylation sites is 2. The van der Waals surface area contributed by atoms with Crippen LogP contribution in [0.5, 0.6) is 11.5 Å². The van der Waals surface area contributed by atoms with Crippen LogP contribution in [-0.2, 0) is 6.61 Å². The predicted octanol–water partition coefficient (Wildman–Crippen LogP) is 2.07. The van der Waals surface area contributed by atoms with Crippen molar-refractivity contribution >= 4 is 5.91 Å². The first-order chi connectivity index (χ1) is 12.5. The molecule has 0 unspecified atom stereocenters. The standard InChI is InChI=1S/C19H26N4O3/c1-19(8-9-23(2)13-19)12-20-18(24)15-10-14(21-22-15)11-26-17-7-5-4-6-16(17)25-3/h4-7,10H,8-9,11-13H2,1-3H3,(H,20,24)(H,21,22)/t19-/m1/s1. The van der Waals surface area contributed by atoms with E-state index >= 15 is 0 Å². The van der Waals surface area contributed by atoms with Crippen molar-refractivity contribution in [3.63, 3.8) is 0 Å². The summed E-state index contributed by atoms with van der Waals surface area (Å²) in [4.78, 5) is 14.6. The molecular formula is C19H26N4O3. The van der Waals surface area contributed by atoms with Crippen LogP contribution in [0, 0.1) is 5.41 Å². The van der Waals surface area contributed by atoms with Crippen LogP contribution in [0.1, 0.15) is 29.5 Å². The molecule has 0 radical (unpaired) electrons. The first-order valence-corrected chi connectivity index (χ1v) is 8.76. The van der Waals surface area contributed by atoms with E-state index in [9.17, 15) is 4.79 Å². The van der Waals surface area contributed by atoms with E-state index in [2.05, 4.69) is 34.4 Å². The summed E-state index contributed by atoms with van der Waals surface area (Å²) in [5.41, 5.74) is 1.22. The van der Waals surface area contributed by atoms with Gasteiger partial charge in [0.25, 0.3) is 5.91 Å². The molecule has 3 rings (SSSR count). The van der Waals surface area contributed by atoms with Crippen molar-refractivity contribution in [3.8, 4) is 11.5 Å². The summed E-state index contributed by atoms with van der Waals surface area (Å²) < 4.78 is 11.0. The molecule has 0 saturated carbocycles. The third-order valence-electron chi connectivity index (χ3n) is 4.74. The number of hydrogen-bond donors (Lipinski definition) is 2. The zero-order valence-electron chi connectivity index (χ0n) is 15.5. The third kappa shape index (κ3) is 4.35. The number of carbonyl (C=O) groups excluding carboxylic acids is 1. The van der Waals surface area contributed by atoms with Crippen LogP contribution in [0.15, 0.2) is 30.3 Å². The number of hydrogen-bond acceptors (Lipinski definition) is 5. The molecule has 1 aromatic carbocycles. The van der Waals surface area contributed by atoms with Crippen LogP contribution in [0.4, 0.5) is 0 Å². The molecule has 1 atom stereocenters. The van der Waals surface area contributed by atoms with Crippen LogP contribution in [-0.4, -0.2) is 54.8 Å². The number of H-pyrrole nitrogens is 1.